The molecule has 0 aromatic heterocycles. The number of rotatable bonds is 3. The number of aromatic hydroxyl groups is 1. The van der Waals surface area contributed by atoms with Crippen molar-refractivity contribution in [3.05, 3.63) is 51.8 Å². The Morgan fingerprint density at radius 3 is 2.52 bits per heavy atom. The predicted molar refractivity (Wildman–Crippen MR) is 112 cm³/mol. The number of phenols is 1. The summed E-state index contributed by atoms with van der Waals surface area (Å²) in [5.74, 6) is -7.47. The molecule has 0 bridgehead atoms. The van der Waals surface area contributed by atoms with Crippen LogP contribution in [0.1, 0.15) is 29.5 Å². The van der Waals surface area contributed by atoms with E-state index in [1.807, 2.05) is 0 Å². The second-order valence-corrected chi connectivity index (χ2v) is 8.29. The molecule has 10 heteroatoms. The van der Waals surface area contributed by atoms with Crippen LogP contribution in [0.25, 0.3) is 11.8 Å². The average molecular weight is 455 g/mol. The topological polar surface area (TPSA) is 184 Å². The lowest BCUT2D eigenvalue weighted by Gasteiger charge is -2.46. The van der Waals surface area contributed by atoms with Crippen LogP contribution >= 0.6 is 0 Å². The van der Waals surface area contributed by atoms with E-state index in [2.05, 4.69) is 4.74 Å². The van der Waals surface area contributed by atoms with Crippen molar-refractivity contribution in [2.24, 2.45) is 17.6 Å². The number of hydrogen-bond donors (Lipinski definition) is 5. The zero-order chi connectivity index (χ0) is 24.2. The van der Waals surface area contributed by atoms with Gasteiger partial charge in [0, 0.05) is 24.0 Å². The van der Waals surface area contributed by atoms with Crippen molar-refractivity contribution in [2.45, 2.75) is 24.9 Å². The molecule has 1 amide bonds. The van der Waals surface area contributed by atoms with Gasteiger partial charge in [-0.15, -0.1) is 0 Å². The van der Waals surface area contributed by atoms with Crippen molar-refractivity contribution in [1.29, 1.82) is 0 Å². The van der Waals surface area contributed by atoms with Crippen LogP contribution in [0.3, 0.4) is 0 Å². The van der Waals surface area contributed by atoms with E-state index in [0.29, 0.717) is 11.1 Å². The molecular formula is C23H21NO9. The largest absolute Gasteiger partial charge is 0.508 e. The fourth-order valence-electron chi connectivity index (χ4n) is 5.03. The maximum Gasteiger partial charge on any atom is 0.330 e. The molecule has 1 fully saturated rings. The van der Waals surface area contributed by atoms with Crippen LogP contribution in [0.2, 0.25) is 0 Å². The predicted octanol–water partition coefficient (Wildman–Crippen LogP) is 0.610. The lowest BCUT2D eigenvalue weighted by Crippen LogP contribution is -2.58. The van der Waals surface area contributed by atoms with Gasteiger partial charge in [-0.2, -0.15) is 0 Å². The molecule has 1 aromatic rings. The molecule has 6 N–H and O–H groups in total. The average Bonchev–Trinajstić information content (AvgIpc) is 2.75. The Labute approximate surface area is 187 Å². The van der Waals surface area contributed by atoms with Crippen molar-refractivity contribution in [1.82, 2.24) is 0 Å². The highest BCUT2D eigenvalue weighted by Gasteiger charge is 2.60. The summed E-state index contributed by atoms with van der Waals surface area (Å²) >= 11 is 0. The summed E-state index contributed by atoms with van der Waals surface area (Å²) in [6, 6.07) is 2.81. The fraction of sp³-hybridized carbons (Fsp3) is 0.304. The summed E-state index contributed by atoms with van der Waals surface area (Å²) < 4.78 is 4.58. The van der Waals surface area contributed by atoms with E-state index in [4.69, 9.17) is 5.73 Å². The van der Waals surface area contributed by atoms with E-state index < -0.39 is 64.4 Å². The molecular weight excluding hydrogens is 434 g/mol. The number of ether oxygens (including phenoxy) is 1. The molecule has 0 aliphatic heterocycles. The number of carbonyl (C=O) groups excluding carboxylic acids is 4. The number of benzene rings is 1. The standard InChI is InChI=1S/C23H21NO9/c1-33-15(27)5-3-9-2-4-13(25)17-12(9)7-10-6-11-8-14(26)18(22(24)31)21(30)23(11,32)20(29)16(10)19(17)28/h2-5,10-11,25,28,30,32H,6-8H2,1H3,(H2,24,31)/b5-3+/t10-,11+,23+/m1/s1. The second-order valence-electron chi connectivity index (χ2n) is 8.29. The van der Waals surface area contributed by atoms with Crippen LogP contribution in [0, 0.1) is 11.8 Å². The highest BCUT2D eigenvalue weighted by atomic mass is 16.5. The third-order valence-corrected chi connectivity index (χ3v) is 6.58. The van der Waals surface area contributed by atoms with Crippen LogP contribution in [0.4, 0.5) is 0 Å². The van der Waals surface area contributed by atoms with Crippen molar-refractivity contribution in [2.75, 3.05) is 7.11 Å². The van der Waals surface area contributed by atoms with Gasteiger partial charge in [0.15, 0.2) is 11.4 Å². The number of hydrogen-bond acceptors (Lipinski definition) is 9. The molecule has 0 radical (unpaired) electrons. The van der Waals surface area contributed by atoms with Crippen molar-refractivity contribution in [3.63, 3.8) is 0 Å². The molecule has 3 atom stereocenters. The summed E-state index contributed by atoms with van der Waals surface area (Å²) in [5, 5.41) is 43.1. The number of nitrogens with two attached hydrogens (primary N) is 1. The van der Waals surface area contributed by atoms with Gasteiger partial charge in [-0.05, 0) is 42.0 Å². The summed E-state index contributed by atoms with van der Waals surface area (Å²) in [6.45, 7) is 0. The van der Waals surface area contributed by atoms with Gasteiger partial charge in [0.05, 0.1) is 12.7 Å². The molecule has 3 aliphatic rings. The molecule has 0 unspecified atom stereocenters. The lowest BCUT2D eigenvalue weighted by molar-refractivity contribution is -0.147. The zero-order valence-electron chi connectivity index (χ0n) is 17.5. The number of esters is 1. The third kappa shape index (κ3) is 3.13. The minimum Gasteiger partial charge on any atom is -0.508 e. The van der Waals surface area contributed by atoms with E-state index in [9.17, 15) is 39.6 Å². The molecule has 3 aliphatic carbocycles. The quantitative estimate of drug-likeness (QED) is 0.247. The van der Waals surface area contributed by atoms with Gasteiger partial charge in [0.2, 0.25) is 5.78 Å². The summed E-state index contributed by atoms with van der Waals surface area (Å²) in [5.41, 5.74) is 2.39. The minimum atomic E-state index is -2.60. The van der Waals surface area contributed by atoms with E-state index in [1.54, 1.807) is 0 Å². The number of amides is 1. The first kappa shape index (κ1) is 22.3. The number of fused-ring (bicyclic) bond motifs is 3. The molecule has 0 spiro atoms. The Hall–Kier alpha value is -3.92. The van der Waals surface area contributed by atoms with Crippen LogP contribution in [0.5, 0.6) is 5.75 Å². The number of carbonyl (C=O) groups is 4. The highest BCUT2D eigenvalue weighted by Crippen LogP contribution is 2.52. The molecule has 172 valence electrons. The smallest absolute Gasteiger partial charge is 0.330 e. The normalized spacial score (nSPS) is 26.7. The van der Waals surface area contributed by atoms with Gasteiger partial charge in [-0.3, -0.25) is 14.4 Å². The molecule has 33 heavy (non-hydrogen) atoms. The van der Waals surface area contributed by atoms with E-state index >= 15 is 0 Å². The maximum absolute atomic E-state index is 13.4. The van der Waals surface area contributed by atoms with Gasteiger partial charge in [0.25, 0.3) is 5.91 Å². The number of ketones is 2. The Kier molecular flexibility index (Phi) is 5.13. The van der Waals surface area contributed by atoms with Crippen molar-refractivity contribution >= 4 is 35.3 Å². The Bertz CT molecular complexity index is 1220. The first-order valence-electron chi connectivity index (χ1n) is 10.1. The van der Waals surface area contributed by atoms with Gasteiger partial charge >= 0.3 is 5.97 Å². The van der Waals surface area contributed by atoms with E-state index in [-0.39, 0.29) is 29.7 Å². The minimum absolute atomic E-state index is 0.0265. The molecule has 0 saturated heterocycles. The van der Waals surface area contributed by atoms with Gasteiger partial charge in [-0.25, -0.2) is 4.79 Å². The monoisotopic (exact) mass is 455 g/mol. The summed E-state index contributed by atoms with van der Waals surface area (Å²) in [7, 11) is 1.22. The van der Waals surface area contributed by atoms with Crippen LogP contribution in [-0.4, -0.2) is 56.6 Å². The lowest BCUT2D eigenvalue weighted by atomic mass is 9.59. The number of aliphatic hydroxyl groups excluding tert-OH is 2. The Morgan fingerprint density at radius 2 is 1.88 bits per heavy atom. The van der Waals surface area contributed by atoms with Crippen LogP contribution < -0.4 is 5.73 Å². The molecule has 10 nitrogen and oxygen atoms in total. The molecule has 4 rings (SSSR count). The van der Waals surface area contributed by atoms with Gasteiger partial charge in [-0.1, -0.05) is 6.07 Å². The SMILES string of the molecule is COC(=O)/C=C/c1ccc(O)c2c1C[C@H]1C[C@H]3CC(=O)C(C(N)=O)=C(O)[C@@]3(O)C(=O)C1=C2O. The molecule has 0 heterocycles. The van der Waals surface area contributed by atoms with Crippen LogP contribution in [-0.2, 0) is 30.3 Å². The van der Waals surface area contributed by atoms with Gasteiger partial charge in [0.1, 0.15) is 22.8 Å². The molecule has 1 aromatic carbocycles. The summed E-state index contributed by atoms with van der Waals surface area (Å²) in [6.07, 6.45) is 2.39. The number of methoxy groups -OCH3 is 1. The first-order valence-corrected chi connectivity index (χ1v) is 10.1. The Morgan fingerprint density at radius 1 is 1.18 bits per heavy atom. The number of primary amides is 1. The number of Topliss-reactive ketones (excluding diaryl/α,β-unsaturated/α-hetero) is 2. The Balaban J connectivity index is 1.89. The van der Waals surface area contributed by atoms with Crippen molar-refractivity contribution in [3.8, 4) is 5.75 Å². The van der Waals surface area contributed by atoms with Crippen LogP contribution in [0.15, 0.2) is 35.1 Å². The fourth-order valence-corrected chi connectivity index (χ4v) is 5.03. The maximum atomic E-state index is 13.4. The molecule has 1 saturated carbocycles. The number of phenolic OH excluding ortho intramolecular Hbond substituents is 1. The number of aliphatic hydroxyl groups is 3. The zero-order valence-corrected chi connectivity index (χ0v) is 17.5. The van der Waals surface area contributed by atoms with E-state index in [0.717, 1.165) is 0 Å². The highest BCUT2D eigenvalue weighted by molar-refractivity contribution is 6.22. The summed E-state index contributed by atoms with van der Waals surface area (Å²) in [4.78, 5) is 48.9. The third-order valence-electron chi connectivity index (χ3n) is 6.58. The van der Waals surface area contributed by atoms with Crippen molar-refractivity contribution < 1.29 is 44.3 Å². The second kappa shape index (κ2) is 7.59. The van der Waals surface area contributed by atoms with E-state index in [1.165, 1.54) is 31.4 Å². The van der Waals surface area contributed by atoms with Gasteiger partial charge < -0.3 is 30.9 Å². The first-order chi connectivity index (χ1) is 15.5.